The smallest absolute Gasteiger partial charge is 0.124 e. The number of benzene rings is 1. The first-order valence-corrected chi connectivity index (χ1v) is 8.41. The van der Waals surface area contributed by atoms with E-state index in [9.17, 15) is 0 Å². The van der Waals surface area contributed by atoms with Crippen molar-refractivity contribution in [1.29, 1.82) is 0 Å². The highest BCUT2D eigenvalue weighted by Crippen LogP contribution is 2.34. The van der Waals surface area contributed by atoms with Gasteiger partial charge in [-0.25, -0.2) is 0 Å². The van der Waals surface area contributed by atoms with Crippen molar-refractivity contribution in [1.82, 2.24) is 5.32 Å². The molecule has 0 fully saturated rings. The van der Waals surface area contributed by atoms with Crippen LogP contribution in [-0.4, -0.2) is 24.2 Å². The maximum atomic E-state index is 5.71. The Morgan fingerprint density at radius 3 is 3.17 bits per heavy atom. The monoisotopic (exact) mass is 329 g/mol. The molecular formula is C14H20BrNOS. The molecule has 0 spiro atoms. The maximum absolute atomic E-state index is 5.71. The van der Waals surface area contributed by atoms with Crippen LogP contribution in [0.4, 0.5) is 0 Å². The number of nitrogens with one attached hydrogen (secondary N) is 1. The van der Waals surface area contributed by atoms with Crippen molar-refractivity contribution in [3.05, 3.63) is 28.2 Å². The molecule has 4 heteroatoms. The molecule has 1 N–H and O–H groups in total. The molecule has 1 aliphatic rings. The summed E-state index contributed by atoms with van der Waals surface area (Å²) in [4.78, 5) is 0. The van der Waals surface area contributed by atoms with Crippen molar-refractivity contribution in [3.8, 4) is 5.75 Å². The van der Waals surface area contributed by atoms with Crippen molar-refractivity contribution < 1.29 is 4.74 Å². The van der Waals surface area contributed by atoms with Gasteiger partial charge < -0.3 is 10.1 Å². The second-order valence-electron chi connectivity index (χ2n) is 4.60. The van der Waals surface area contributed by atoms with Gasteiger partial charge >= 0.3 is 0 Å². The van der Waals surface area contributed by atoms with Crippen molar-refractivity contribution in [2.75, 3.05) is 18.1 Å². The summed E-state index contributed by atoms with van der Waals surface area (Å²) in [6.45, 7) is 5.27. The Morgan fingerprint density at radius 1 is 1.56 bits per heavy atom. The summed E-state index contributed by atoms with van der Waals surface area (Å²) in [6, 6.07) is 7.21. The molecular weight excluding hydrogens is 310 g/mol. The van der Waals surface area contributed by atoms with Crippen LogP contribution in [-0.2, 0) is 0 Å². The van der Waals surface area contributed by atoms with E-state index in [2.05, 4.69) is 47.2 Å². The van der Waals surface area contributed by atoms with Gasteiger partial charge in [0.1, 0.15) is 5.75 Å². The number of hydrogen-bond donors (Lipinski definition) is 1. The minimum Gasteiger partial charge on any atom is -0.493 e. The maximum Gasteiger partial charge on any atom is 0.124 e. The van der Waals surface area contributed by atoms with E-state index < -0.39 is 0 Å². The summed E-state index contributed by atoms with van der Waals surface area (Å²) < 4.78 is 6.82. The third-order valence-corrected chi connectivity index (χ3v) is 4.71. The highest BCUT2D eigenvalue weighted by atomic mass is 79.9. The first kappa shape index (κ1) is 14.2. The molecule has 1 aliphatic heterocycles. The number of halogens is 1. The number of fused-ring (bicyclic) bond motifs is 1. The number of thioether (sulfide) groups is 1. The van der Waals surface area contributed by atoms with Gasteiger partial charge in [-0.1, -0.05) is 22.9 Å². The summed E-state index contributed by atoms with van der Waals surface area (Å²) in [7, 11) is 0. The lowest BCUT2D eigenvalue weighted by Crippen LogP contribution is -2.35. The molecule has 1 aromatic carbocycles. The highest BCUT2D eigenvalue weighted by molar-refractivity contribution is 9.10. The van der Waals surface area contributed by atoms with Crippen molar-refractivity contribution in [2.45, 2.75) is 32.4 Å². The molecule has 0 aromatic heterocycles. The SMILES string of the molecule is CCSCC(C)NC1CCOc2ccc(Br)cc21. The standard InChI is InChI=1S/C14H20BrNOS/c1-3-18-9-10(2)16-13-6-7-17-14-5-4-11(15)8-12(13)14/h4-5,8,10,13,16H,3,6-7,9H2,1-2H3. The Labute approximate surface area is 122 Å². The van der Waals surface area contributed by atoms with Crippen LogP contribution in [0.2, 0.25) is 0 Å². The molecule has 0 aliphatic carbocycles. The first-order valence-electron chi connectivity index (χ1n) is 6.46. The predicted octanol–water partition coefficient (Wildman–Crippen LogP) is 4.00. The first-order chi connectivity index (χ1) is 8.70. The number of rotatable bonds is 5. The molecule has 100 valence electrons. The molecule has 2 rings (SSSR count). The van der Waals surface area contributed by atoms with Crippen LogP contribution in [0, 0.1) is 0 Å². The van der Waals surface area contributed by atoms with E-state index in [0.29, 0.717) is 12.1 Å². The zero-order chi connectivity index (χ0) is 13.0. The Morgan fingerprint density at radius 2 is 2.39 bits per heavy atom. The van der Waals surface area contributed by atoms with Gasteiger partial charge in [-0.15, -0.1) is 0 Å². The topological polar surface area (TPSA) is 21.3 Å². The lowest BCUT2D eigenvalue weighted by Gasteiger charge is -2.29. The molecule has 2 nitrogen and oxygen atoms in total. The van der Waals surface area contributed by atoms with Gasteiger partial charge in [-0.3, -0.25) is 0 Å². The van der Waals surface area contributed by atoms with Crippen molar-refractivity contribution >= 4 is 27.7 Å². The van der Waals surface area contributed by atoms with E-state index in [1.54, 1.807) is 0 Å². The Balaban J connectivity index is 2.05. The zero-order valence-electron chi connectivity index (χ0n) is 10.9. The predicted molar refractivity (Wildman–Crippen MR) is 82.6 cm³/mol. The average molecular weight is 330 g/mol. The highest BCUT2D eigenvalue weighted by Gasteiger charge is 2.22. The van der Waals surface area contributed by atoms with Crippen LogP contribution in [0.3, 0.4) is 0 Å². The van der Waals surface area contributed by atoms with Gasteiger partial charge in [0.2, 0.25) is 0 Å². The van der Waals surface area contributed by atoms with Crippen LogP contribution in [0.5, 0.6) is 5.75 Å². The average Bonchev–Trinajstić information content (AvgIpc) is 2.37. The molecule has 1 aromatic rings. The van der Waals surface area contributed by atoms with E-state index in [-0.39, 0.29) is 0 Å². The fourth-order valence-electron chi connectivity index (χ4n) is 2.22. The Kier molecular flexibility index (Phi) is 5.39. The van der Waals surface area contributed by atoms with E-state index in [1.165, 1.54) is 11.3 Å². The zero-order valence-corrected chi connectivity index (χ0v) is 13.3. The lowest BCUT2D eigenvalue weighted by atomic mass is 10.00. The molecule has 0 amide bonds. The minimum atomic E-state index is 0.415. The molecule has 0 saturated heterocycles. The summed E-state index contributed by atoms with van der Waals surface area (Å²) in [5.41, 5.74) is 1.28. The minimum absolute atomic E-state index is 0.415. The van der Waals surface area contributed by atoms with Crippen molar-refractivity contribution in [3.63, 3.8) is 0 Å². The van der Waals surface area contributed by atoms with Crippen LogP contribution in [0.15, 0.2) is 22.7 Å². The Bertz CT molecular complexity index is 399. The van der Waals surface area contributed by atoms with Gasteiger partial charge in [0.25, 0.3) is 0 Å². The summed E-state index contributed by atoms with van der Waals surface area (Å²) >= 11 is 5.52. The van der Waals surface area contributed by atoms with Crippen molar-refractivity contribution in [2.24, 2.45) is 0 Å². The molecule has 0 saturated carbocycles. The second kappa shape index (κ2) is 6.83. The second-order valence-corrected chi connectivity index (χ2v) is 6.83. The molecule has 1 heterocycles. The summed E-state index contributed by atoms with van der Waals surface area (Å²) in [6.07, 6.45) is 1.05. The van der Waals surface area contributed by atoms with Gasteiger partial charge in [-0.2, -0.15) is 11.8 Å². The van der Waals surface area contributed by atoms with Crippen LogP contribution < -0.4 is 10.1 Å². The fraction of sp³-hybridized carbons (Fsp3) is 0.571. The van der Waals surface area contributed by atoms with E-state index in [4.69, 9.17) is 4.74 Å². The largest absolute Gasteiger partial charge is 0.493 e. The van der Waals surface area contributed by atoms with E-state index in [0.717, 1.165) is 29.0 Å². The van der Waals surface area contributed by atoms with Crippen LogP contribution >= 0.6 is 27.7 Å². The van der Waals surface area contributed by atoms with E-state index >= 15 is 0 Å². The summed E-state index contributed by atoms with van der Waals surface area (Å²) in [5, 5.41) is 3.72. The number of hydrogen-bond acceptors (Lipinski definition) is 3. The fourth-order valence-corrected chi connectivity index (χ4v) is 3.29. The third-order valence-electron chi connectivity index (χ3n) is 3.07. The lowest BCUT2D eigenvalue weighted by molar-refractivity contribution is 0.248. The van der Waals surface area contributed by atoms with Crippen LogP contribution in [0.25, 0.3) is 0 Å². The van der Waals surface area contributed by atoms with Gasteiger partial charge in [0.05, 0.1) is 6.61 Å². The molecule has 0 bridgehead atoms. The van der Waals surface area contributed by atoms with E-state index in [1.807, 2.05) is 17.8 Å². The normalized spacial score (nSPS) is 20.1. The van der Waals surface area contributed by atoms with Gasteiger partial charge in [0, 0.05) is 34.3 Å². The summed E-state index contributed by atoms with van der Waals surface area (Å²) in [5.74, 6) is 3.37. The molecule has 0 radical (unpaired) electrons. The Hall–Kier alpha value is -0.190. The quantitative estimate of drug-likeness (QED) is 0.882. The molecule has 18 heavy (non-hydrogen) atoms. The molecule has 2 unspecified atom stereocenters. The van der Waals surface area contributed by atoms with Gasteiger partial charge in [0.15, 0.2) is 0 Å². The number of ether oxygens (including phenoxy) is 1. The van der Waals surface area contributed by atoms with Crippen LogP contribution in [0.1, 0.15) is 31.9 Å². The third kappa shape index (κ3) is 3.65. The van der Waals surface area contributed by atoms with Gasteiger partial charge in [-0.05, 0) is 30.9 Å². The molecule has 2 atom stereocenters.